The van der Waals surface area contributed by atoms with Gasteiger partial charge in [0.25, 0.3) is 0 Å². The summed E-state index contributed by atoms with van der Waals surface area (Å²) in [5, 5.41) is 2.71. The van der Waals surface area contributed by atoms with Gasteiger partial charge in [0.2, 0.25) is 16.0 Å². The van der Waals surface area contributed by atoms with Crippen molar-refractivity contribution in [1.29, 1.82) is 0 Å². The molecule has 0 amide bonds. The lowest BCUT2D eigenvalue weighted by Gasteiger charge is -2.05. The van der Waals surface area contributed by atoms with Gasteiger partial charge in [-0.3, -0.25) is 0 Å². The molecule has 0 fully saturated rings. The van der Waals surface area contributed by atoms with Crippen LogP contribution in [0.5, 0.6) is 0 Å². The number of hydrogen-bond donors (Lipinski definition) is 3. The lowest BCUT2D eigenvalue weighted by molar-refractivity contribution is 0.579. The maximum absolute atomic E-state index is 11.9. The van der Waals surface area contributed by atoms with E-state index in [-0.39, 0.29) is 11.4 Å². The minimum atomic E-state index is -3.61. The Balaban J connectivity index is 2.09. The van der Waals surface area contributed by atoms with Crippen LogP contribution in [0.4, 0.5) is 5.95 Å². The second-order valence-electron chi connectivity index (χ2n) is 3.39. The molecule has 0 saturated carbocycles. The molecular weight excluding hydrogens is 256 g/mol. The SMILES string of the molecule is CNc1ncc(S(=O)(=O)NCc2cnc[nH]2)cn1. The molecule has 0 bridgehead atoms. The van der Waals surface area contributed by atoms with Crippen molar-refractivity contribution in [3.8, 4) is 0 Å². The first-order valence-electron chi connectivity index (χ1n) is 5.08. The first kappa shape index (κ1) is 12.5. The van der Waals surface area contributed by atoms with Crippen LogP contribution in [-0.4, -0.2) is 35.4 Å². The number of imidazole rings is 1. The summed E-state index contributed by atoms with van der Waals surface area (Å²) < 4.78 is 26.2. The van der Waals surface area contributed by atoms with Gasteiger partial charge >= 0.3 is 0 Å². The Morgan fingerprint density at radius 1 is 1.28 bits per heavy atom. The quantitative estimate of drug-likeness (QED) is 0.687. The maximum Gasteiger partial charge on any atom is 0.243 e. The molecule has 0 spiro atoms. The maximum atomic E-state index is 11.9. The highest BCUT2D eigenvalue weighted by Gasteiger charge is 2.15. The average Bonchev–Trinajstić information content (AvgIpc) is 2.90. The summed E-state index contributed by atoms with van der Waals surface area (Å²) in [5.41, 5.74) is 0.673. The molecule has 2 aromatic rings. The molecule has 0 saturated heterocycles. The molecular formula is C9H12N6O2S. The number of H-pyrrole nitrogens is 1. The molecule has 0 aliphatic carbocycles. The van der Waals surface area contributed by atoms with Crippen LogP contribution < -0.4 is 10.0 Å². The molecule has 3 N–H and O–H groups in total. The van der Waals surface area contributed by atoms with Gasteiger partial charge in [0.1, 0.15) is 4.90 Å². The number of aromatic amines is 1. The molecule has 2 aromatic heterocycles. The van der Waals surface area contributed by atoms with E-state index in [1.807, 2.05) is 0 Å². The number of anilines is 1. The highest BCUT2D eigenvalue weighted by molar-refractivity contribution is 7.89. The molecule has 2 rings (SSSR count). The van der Waals surface area contributed by atoms with Crippen LogP contribution in [0.3, 0.4) is 0 Å². The van der Waals surface area contributed by atoms with E-state index >= 15 is 0 Å². The summed E-state index contributed by atoms with van der Waals surface area (Å²) in [7, 11) is -1.96. The van der Waals surface area contributed by atoms with Crippen molar-refractivity contribution in [2.45, 2.75) is 11.4 Å². The highest BCUT2D eigenvalue weighted by atomic mass is 32.2. The summed E-state index contributed by atoms with van der Waals surface area (Å²) in [4.78, 5) is 14.3. The van der Waals surface area contributed by atoms with Crippen LogP contribution >= 0.6 is 0 Å². The number of aromatic nitrogens is 4. The zero-order chi connectivity index (χ0) is 13.0. The summed E-state index contributed by atoms with van der Waals surface area (Å²) in [6.45, 7) is 0.135. The summed E-state index contributed by atoms with van der Waals surface area (Å²) in [6.07, 6.45) is 5.51. The van der Waals surface area contributed by atoms with Crippen molar-refractivity contribution in [3.63, 3.8) is 0 Å². The van der Waals surface area contributed by atoms with E-state index in [9.17, 15) is 8.42 Å². The van der Waals surface area contributed by atoms with Crippen molar-refractivity contribution in [2.24, 2.45) is 0 Å². The Morgan fingerprint density at radius 2 is 2.00 bits per heavy atom. The predicted molar refractivity (Wildman–Crippen MR) is 64.2 cm³/mol. The standard InChI is InChI=1S/C9H12N6O2S/c1-10-9-12-4-8(5-13-9)18(16,17)15-3-7-2-11-6-14-7/h2,4-6,15H,3H2,1H3,(H,11,14)(H,10,12,13). The molecule has 0 unspecified atom stereocenters. The van der Waals surface area contributed by atoms with Crippen LogP contribution in [0.25, 0.3) is 0 Å². The number of sulfonamides is 1. The monoisotopic (exact) mass is 268 g/mol. The average molecular weight is 268 g/mol. The van der Waals surface area contributed by atoms with Crippen molar-refractivity contribution in [2.75, 3.05) is 12.4 Å². The minimum absolute atomic E-state index is 0.0148. The number of nitrogens with one attached hydrogen (secondary N) is 3. The Bertz CT molecular complexity index is 592. The number of rotatable bonds is 5. The minimum Gasteiger partial charge on any atom is -0.357 e. The van der Waals surface area contributed by atoms with E-state index < -0.39 is 10.0 Å². The van der Waals surface area contributed by atoms with E-state index in [4.69, 9.17) is 0 Å². The van der Waals surface area contributed by atoms with Gasteiger partial charge in [0, 0.05) is 18.9 Å². The summed E-state index contributed by atoms with van der Waals surface area (Å²) >= 11 is 0. The van der Waals surface area contributed by atoms with E-state index in [2.05, 4.69) is 30.0 Å². The summed E-state index contributed by atoms with van der Waals surface area (Å²) in [6, 6.07) is 0. The van der Waals surface area contributed by atoms with Crippen LogP contribution in [0, 0.1) is 0 Å². The van der Waals surface area contributed by atoms with Gasteiger partial charge in [-0.05, 0) is 0 Å². The second kappa shape index (κ2) is 5.10. The lowest BCUT2D eigenvalue weighted by atomic mass is 10.5. The third-order valence-electron chi connectivity index (χ3n) is 2.17. The van der Waals surface area contributed by atoms with Crippen LogP contribution in [0.2, 0.25) is 0 Å². The second-order valence-corrected chi connectivity index (χ2v) is 5.16. The third-order valence-corrected chi connectivity index (χ3v) is 3.53. The van der Waals surface area contributed by atoms with Gasteiger partial charge < -0.3 is 10.3 Å². The zero-order valence-electron chi connectivity index (χ0n) is 9.58. The molecule has 0 aliphatic heterocycles. The Kier molecular flexibility index (Phi) is 3.53. The van der Waals surface area contributed by atoms with Gasteiger partial charge in [-0.2, -0.15) is 0 Å². The highest BCUT2D eigenvalue weighted by Crippen LogP contribution is 2.07. The molecule has 0 radical (unpaired) electrons. The van der Waals surface area contributed by atoms with Gasteiger partial charge in [0.15, 0.2) is 0 Å². The number of hydrogen-bond acceptors (Lipinski definition) is 6. The Morgan fingerprint density at radius 3 is 2.56 bits per heavy atom. The van der Waals surface area contributed by atoms with Crippen LogP contribution in [0.1, 0.15) is 5.69 Å². The fourth-order valence-corrected chi connectivity index (χ4v) is 2.12. The first-order valence-corrected chi connectivity index (χ1v) is 6.57. The Hall–Kier alpha value is -2.00. The van der Waals surface area contributed by atoms with E-state index in [1.54, 1.807) is 13.2 Å². The fourth-order valence-electron chi connectivity index (χ4n) is 1.22. The van der Waals surface area contributed by atoms with Gasteiger partial charge in [-0.25, -0.2) is 28.1 Å². The van der Waals surface area contributed by atoms with Crippen molar-refractivity contribution in [3.05, 3.63) is 30.6 Å². The molecule has 0 aliphatic rings. The molecule has 18 heavy (non-hydrogen) atoms. The topological polar surface area (TPSA) is 113 Å². The smallest absolute Gasteiger partial charge is 0.243 e. The van der Waals surface area contributed by atoms with Crippen LogP contribution in [-0.2, 0) is 16.6 Å². The fraction of sp³-hybridized carbons (Fsp3) is 0.222. The normalized spacial score (nSPS) is 11.4. The van der Waals surface area contributed by atoms with E-state index in [0.717, 1.165) is 0 Å². The van der Waals surface area contributed by atoms with E-state index in [1.165, 1.54) is 18.7 Å². The molecule has 0 aromatic carbocycles. The molecule has 0 atom stereocenters. The molecule has 9 heteroatoms. The number of nitrogens with zero attached hydrogens (tertiary/aromatic N) is 3. The molecule has 8 nitrogen and oxygen atoms in total. The molecule has 2 heterocycles. The van der Waals surface area contributed by atoms with Crippen molar-refractivity contribution >= 4 is 16.0 Å². The third kappa shape index (κ3) is 2.81. The van der Waals surface area contributed by atoms with Gasteiger partial charge in [-0.15, -0.1) is 0 Å². The van der Waals surface area contributed by atoms with Crippen LogP contribution in [0.15, 0.2) is 29.8 Å². The van der Waals surface area contributed by atoms with E-state index in [0.29, 0.717) is 11.6 Å². The largest absolute Gasteiger partial charge is 0.357 e. The van der Waals surface area contributed by atoms with Gasteiger partial charge in [-0.1, -0.05) is 0 Å². The van der Waals surface area contributed by atoms with Gasteiger partial charge in [0.05, 0.1) is 25.3 Å². The first-order chi connectivity index (χ1) is 8.62. The van der Waals surface area contributed by atoms with Crippen molar-refractivity contribution in [1.82, 2.24) is 24.7 Å². The summed E-state index contributed by atoms with van der Waals surface area (Å²) in [5.74, 6) is 0.363. The lowest BCUT2D eigenvalue weighted by Crippen LogP contribution is -2.23. The predicted octanol–water partition coefficient (Wildman–Crippen LogP) is -0.280. The van der Waals surface area contributed by atoms with Crippen molar-refractivity contribution < 1.29 is 8.42 Å². The Labute approximate surface area is 104 Å². The zero-order valence-corrected chi connectivity index (χ0v) is 10.4. The molecule has 96 valence electrons.